The van der Waals surface area contributed by atoms with Crippen LogP contribution in [0.2, 0.25) is 0 Å². The Morgan fingerprint density at radius 1 is 0.837 bits per heavy atom. The summed E-state index contributed by atoms with van der Waals surface area (Å²) in [5, 5.41) is 18.1. The number of esters is 1. The van der Waals surface area contributed by atoms with Crippen molar-refractivity contribution >= 4 is 11.8 Å². The maximum atomic E-state index is 11.8. The molecule has 0 heterocycles. The van der Waals surface area contributed by atoms with Gasteiger partial charge in [-0.25, -0.2) is 4.79 Å². The predicted octanol–water partition coefficient (Wildman–Crippen LogP) is 6.15. The first kappa shape index (κ1) is 34.0. The average molecular weight is 595 g/mol. The minimum atomic E-state index is -0.676. The van der Waals surface area contributed by atoms with Crippen LogP contribution in [0.25, 0.3) is 11.1 Å². The summed E-state index contributed by atoms with van der Waals surface area (Å²) >= 11 is 0. The number of unbranched alkanes of at least 4 members (excludes halogenated alkanes) is 2. The summed E-state index contributed by atoms with van der Waals surface area (Å²) in [7, 11) is 0. The lowest BCUT2D eigenvalue weighted by Gasteiger charge is -2.29. The molecule has 2 aromatic rings. The third kappa shape index (κ3) is 11.3. The topological polar surface area (TPSA) is 112 Å². The summed E-state index contributed by atoms with van der Waals surface area (Å²) in [4.78, 5) is 23.6. The Kier molecular flexibility index (Phi) is 14.5. The minimum Gasteiger partial charge on any atom is -0.490 e. The Morgan fingerprint density at radius 3 is 2.16 bits per heavy atom. The van der Waals surface area contributed by atoms with Crippen molar-refractivity contribution in [3.63, 3.8) is 0 Å². The molecule has 0 atom stereocenters. The number of hydrogen-bond acceptors (Lipinski definition) is 8. The number of aliphatic hydroxyl groups excluding tert-OH is 2. The van der Waals surface area contributed by atoms with Gasteiger partial charge in [0.2, 0.25) is 0 Å². The second-order valence-electron chi connectivity index (χ2n) is 11.1. The Bertz CT molecular complexity index is 1140. The molecule has 0 radical (unpaired) electrons. The zero-order chi connectivity index (χ0) is 31.0. The van der Waals surface area contributed by atoms with E-state index >= 15 is 0 Å². The number of Topliss-reactive ketones (excluding diaryl/α,β-unsaturated/α-hetero) is 1. The molecule has 234 valence electrons. The van der Waals surface area contributed by atoms with Crippen molar-refractivity contribution in [3.8, 4) is 22.6 Å². The smallest absolute Gasteiger partial charge is 0.335 e. The Morgan fingerprint density at radius 2 is 1.51 bits per heavy atom. The van der Waals surface area contributed by atoms with Gasteiger partial charge in [0.15, 0.2) is 12.6 Å². The molecule has 1 saturated carbocycles. The highest BCUT2D eigenvalue weighted by molar-refractivity contribution is 5.95. The highest BCUT2D eigenvalue weighted by atomic mass is 16.7. The van der Waals surface area contributed by atoms with Crippen LogP contribution >= 0.6 is 0 Å². The highest BCUT2D eigenvalue weighted by Gasteiger charge is 2.22. The van der Waals surface area contributed by atoms with E-state index in [-0.39, 0.29) is 37.8 Å². The van der Waals surface area contributed by atoms with E-state index in [9.17, 15) is 9.59 Å². The predicted molar refractivity (Wildman–Crippen MR) is 166 cm³/mol. The molecular formula is C35H46O8. The van der Waals surface area contributed by atoms with Gasteiger partial charge in [0.25, 0.3) is 0 Å². The maximum Gasteiger partial charge on any atom is 0.335 e. The molecule has 0 saturated heterocycles. The van der Waals surface area contributed by atoms with Crippen LogP contribution in [0.3, 0.4) is 0 Å². The zero-order valence-corrected chi connectivity index (χ0v) is 25.4. The van der Waals surface area contributed by atoms with Gasteiger partial charge in [-0.2, -0.15) is 0 Å². The van der Waals surface area contributed by atoms with Gasteiger partial charge < -0.3 is 29.2 Å². The summed E-state index contributed by atoms with van der Waals surface area (Å²) in [6.07, 6.45) is 10.4. The number of carbonyl (C=O) groups excluding carboxylic acids is 2. The van der Waals surface area contributed by atoms with Crippen LogP contribution in [0, 0.1) is 5.92 Å². The first-order valence-electron chi connectivity index (χ1n) is 15.2. The summed E-state index contributed by atoms with van der Waals surface area (Å²) in [5.41, 5.74) is 3.28. The van der Waals surface area contributed by atoms with Gasteiger partial charge in [0.05, 0.1) is 18.8 Å². The van der Waals surface area contributed by atoms with E-state index in [2.05, 4.69) is 44.3 Å². The van der Waals surface area contributed by atoms with E-state index in [1.54, 1.807) is 6.07 Å². The molecule has 2 aromatic carbocycles. The van der Waals surface area contributed by atoms with Gasteiger partial charge in [0, 0.05) is 11.6 Å². The number of rotatable bonds is 19. The summed E-state index contributed by atoms with van der Waals surface area (Å²) in [5.74, 6) is 1.36. The molecule has 0 amide bonds. The van der Waals surface area contributed by atoms with Crippen LogP contribution < -0.4 is 9.47 Å². The second kappa shape index (κ2) is 18.3. The van der Waals surface area contributed by atoms with Gasteiger partial charge in [-0.15, -0.1) is 0 Å². The first-order valence-corrected chi connectivity index (χ1v) is 15.2. The Labute approximate surface area is 255 Å². The lowest BCUT2D eigenvalue weighted by atomic mass is 9.77. The molecule has 43 heavy (non-hydrogen) atoms. The lowest BCUT2D eigenvalue weighted by molar-refractivity contribution is -0.140. The molecule has 1 fully saturated rings. The molecule has 3 rings (SSSR count). The monoisotopic (exact) mass is 594 g/mol. The molecule has 8 nitrogen and oxygen atoms in total. The minimum absolute atomic E-state index is 0.0201. The van der Waals surface area contributed by atoms with E-state index in [1.807, 2.05) is 12.1 Å². The number of ether oxygens (including phenoxy) is 4. The lowest BCUT2D eigenvalue weighted by Crippen LogP contribution is -2.15. The molecule has 0 unspecified atom stereocenters. The van der Waals surface area contributed by atoms with Crippen molar-refractivity contribution in [2.24, 2.45) is 5.92 Å². The molecule has 1 aliphatic rings. The van der Waals surface area contributed by atoms with Crippen LogP contribution in [0.4, 0.5) is 0 Å². The third-order valence-corrected chi connectivity index (χ3v) is 7.85. The molecule has 0 bridgehead atoms. The maximum absolute atomic E-state index is 11.8. The number of ketones is 1. The molecule has 2 N–H and O–H groups in total. The van der Waals surface area contributed by atoms with Gasteiger partial charge in [-0.1, -0.05) is 70.0 Å². The van der Waals surface area contributed by atoms with Crippen LogP contribution in [0.15, 0.2) is 66.8 Å². The van der Waals surface area contributed by atoms with Crippen molar-refractivity contribution in [2.45, 2.75) is 64.2 Å². The van der Waals surface area contributed by atoms with Crippen molar-refractivity contribution in [2.75, 3.05) is 39.8 Å². The zero-order valence-electron chi connectivity index (χ0n) is 25.4. The van der Waals surface area contributed by atoms with E-state index in [0.717, 1.165) is 17.0 Å². The molecule has 0 spiro atoms. The largest absolute Gasteiger partial charge is 0.490 e. The summed E-state index contributed by atoms with van der Waals surface area (Å²) in [6.45, 7) is 7.93. The van der Waals surface area contributed by atoms with Crippen LogP contribution in [-0.2, 0) is 19.1 Å². The fourth-order valence-electron chi connectivity index (χ4n) is 5.22. The Balaban J connectivity index is 1.65. The van der Waals surface area contributed by atoms with E-state index in [4.69, 9.17) is 29.2 Å². The molecule has 0 aliphatic heterocycles. The fraction of sp³-hybridized carbons (Fsp3) is 0.486. The third-order valence-electron chi connectivity index (χ3n) is 7.85. The fourth-order valence-corrected chi connectivity index (χ4v) is 5.22. The quantitative estimate of drug-likeness (QED) is 0.0863. The number of hydrogen-bond donors (Lipinski definition) is 2. The first-order chi connectivity index (χ1) is 20.8. The molecule has 8 heteroatoms. The van der Waals surface area contributed by atoms with E-state index < -0.39 is 25.0 Å². The van der Waals surface area contributed by atoms with Gasteiger partial charge >= 0.3 is 5.97 Å². The van der Waals surface area contributed by atoms with Crippen molar-refractivity contribution in [1.82, 2.24) is 0 Å². The number of benzene rings is 2. The molecular weight excluding hydrogens is 548 g/mol. The summed E-state index contributed by atoms with van der Waals surface area (Å²) < 4.78 is 22.0. The molecule has 1 aliphatic carbocycles. The highest BCUT2D eigenvalue weighted by Crippen LogP contribution is 2.39. The van der Waals surface area contributed by atoms with Crippen LogP contribution in [0.5, 0.6) is 11.5 Å². The Hall–Kier alpha value is -3.46. The van der Waals surface area contributed by atoms with Crippen LogP contribution in [0.1, 0.15) is 69.8 Å². The molecule has 0 aromatic heterocycles. The van der Waals surface area contributed by atoms with Gasteiger partial charge in [-0.05, 0) is 66.3 Å². The van der Waals surface area contributed by atoms with Crippen molar-refractivity contribution < 1.29 is 38.7 Å². The standard InChI is InChI=1S/C35H46O8/c1-4-5-6-7-27-8-10-28(11-9-27)29-12-14-30(15-13-29)31-18-32(41-16-17-42-35(39)26(3)22-37)20-33(19-31)43-24-40-23-34(38)25(2)21-36/h12-15,18-20,27-28,36-37H,2-11,16-17,21-24H2,1H3. The van der Waals surface area contributed by atoms with Gasteiger partial charge in [0.1, 0.15) is 31.3 Å². The SMILES string of the molecule is C=C(CO)C(=O)COCOc1cc(OCCOC(=O)C(=C)CO)cc(-c2ccc(C3CCC(CCCCC)CC3)cc2)c1. The number of aliphatic hydroxyl groups is 2. The normalized spacial score (nSPS) is 16.3. The van der Waals surface area contributed by atoms with E-state index in [0.29, 0.717) is 17.4 Å². The second-order valence-corrected chi connectivity index (χ2v) is 11.1. The average Bonchev–Trinajstić information content (AvgIpc) is 3.04. The van der Waals surface area contributed by atoms with Crippen molar-refractivity contribution in [1.29, 1.82) is 0 Å². The van der Waals surface area contributed by atoms with Crippen molar-refractivity contribution in [3.05, 3.63) is 72.3 Å². The van der Waals surface area contributed by atoms with Gasteiger partial charge in [-0.3, -0.25) is 4.79 Å². The van der Waals surface area contributed by atoms with Crippen LogP contribution in [-0.4, -0.2) is 61.8 Å². The summed E-state index contributed by atoms with van der Waals surface area (Å²) in [6, 6.07) is 14.1. The van der Waals surface area contributed by atoms with E-state index in [1.165, 1.54) is 56.9 Å². The number of carbonyl (C=O) groups is 2.